The SMILES string of the molecule is CCC(C=O)Cc1cccc(OC)c1. The van der Waals surface area contributed by atoms with E-state index in [2.05, 4.69) is 0 Å². The summed E-state index contributed by atoms with van der Waals surface area (Å²) in [5, 5.41) is 0. The van der Waals surface area contributed by atoms with Crippen molar-refractivity contribution in [3.05, 3.63) is 29.8 Å². The summed E-state index contributed by atoms with van der Waals surface area (Å²) in [6, 6.07) is 7.86. The Balaban J connectivity index is 2.70. The highest BCUT2D eigenvalue weighted by atomic mass is 16.5. The van der Waals surface area contributed by atoms with Crippen molar-refractivity contribution in [2.45, 2.75) is 19.8 Å². The lowest BCUT2D eigenvalue weighted by Gasteiger charge is -2.08. The molecule has 0 saturated heterocycles. The number of benzene rings is 1. The number of carbonyl (C=O) groups is 1. The lowest BCUT2D eigenvalue weighted by Crippen LogP contribution is -2.04. The van der Waals surface area contributed by atoms with Crippen molar-refractivity contribution in [1.29, 1.82) is 0 Å². The van der Waals surface area contributed by atoms with E-state index in [9.17, 15) is 4.79 Å². The number of rotatable bonds is 5. The Morgan fingerprint density at radius 2 is 2.29 bits per heavy atom. The highest BCUT2D eigenvalue weighted by Gasteiger charge is 2.05. The molecule has 0 radical (unpaired) electrons. The van der Waals surface area contributed by atoms with E-state index >= 15 is 0 Å². The molecule has 1 aromatic carbocycles. The van der Waals surface area contributed by atoms with Crippen LogP contribution in [0, 0.1) is 5.92 Å². The fourth-order valence-electron chi connectivity index (χ4n) is 1.39. The molecule has 0 bridgehead atoms. The molecule has 14 heavy (non-hydrogen) atoms. The van der Waals surface area contributed by atoms with Crippen molar-refractivity contribution in [2.75, 3.05) is 7.11 Å². The van der Waals surface area contributed by atoms with Crippen LogP contribution in [-0.4, -0.2) is 13.4 Å². The van der Waals surface area contributed by atoms with Crippen molar-refractivity contribution in [2.24, 2.45) is 5.92 Å². The van der Waals surface area contributed by atoms with Gasteiger partial charge in [-0.15, -0.1) is 0 Å². The minimum atomic E-state index is 0.127. The molecular weight excluding hydrogens is 176 g/mol. The summed E-state index contributed by atoms with van der Waals surface area (Å²) >= 11 is 0. The normalized spacial score (nSPS) is 12.1. The quantitative estimate of drug-likeness (QED) is 0.670. The van der Waals surface area contributed by atoms with Crippen LogP contribution in [0.4, 0.5) is 0 Å². The summed E-state index contributed by atoms with van der Waals surface area (Å²) in [5.74, 6) is 0.977. The average molecular weight is 192 g/mol. The lowest BCUT2D eigenvalue weighted by atomic mass is 9.98. The Labute approximate surface area is 84.9 Å². The Bertz CT molecular complexity index is 294. The van der Waals surface area contributed by atoms with Gasteiger partial charge in [-0.1, -0.05) is 19.1 Å². The van der Waals surface area contributed by atoms with Crippen LogP contribution in [0.5, 0.6) is 5.75 Å². The molecule has 0 aliphatic heterocycles. The fraction of sp³-hybridized carbons (Fsp3) is 0.417. The van der Waals surface area contributed by atoms with Crippen LogP contribution < -0.4 is 4.74 Å². The molecule has 0 spiro atoms. The Kier molecular flexibility index (Phi) is 4.17. The first-order valence-corrected chi connectivity index (χ1v) is 4.88. The molecule has 0 aromatic heterocycles. The molecule has 1 aromatic rings. The van der Waals surface area contributed by atoms with Gasteiger partial charge in [-0.25, -0.2) is 0 Å². The van der Waals surface area contributed by atoms with Gasteiger partial charge in [-0.3, -0.25) is 0 Å². The van der Waals surface area contributed by atoms with Gasteiger partial charge in [0.15, 0.2) is 0 Å². The standard InChI is InChI=1S/C12H16O2/c1-3-10(9-13)7-11-5-4-6-12(8-11)14-2/h4-6,8-10H,3,7H2,1-2H3. The number of hydrogen-bond acceptors (Lipinski definition) is 2. The van der Waals surface area contributed by atoms with Gasteiger partial charge < -0.3 is 9.53 Å². The first-order chi connectivity index (χ1) is 6.80. The highest BCUT2D eigenvalue weighted by Crippen LogP contribution is 2.16. The molecule has 0 aliphatic carbocycles. The zero-order valence-corrected chi connectivity index (χ0v) is 8.69. The number of ether oxygens (including phenoxy) is 1. The predicted octanol–water partition coefficient (Wildman–Crippen LogP) is 2.46. The van der Waals surface area contributed by atoms with E-state index in [1.54, 1.807) is 7.11 Å². The molecule has 1 unspecified atom stereocenters. The van der Waals surface area contributed by atoms with Gasteiger partial charge in [0.2, 0.25) is 0 Å². The van der Waals surface area contributed by atoms with Gasteiger partial charge in [-0.05, 0) is 30.5 Å². The third-order valence-corrected chi connectivity index (χ3v) is 2.35. The van der Waals surface area contributed by atoms with E-state index in [0.717, 1.165) is 30.4 Å². The van der Waals surface area contributed by atoms with Crippen LogP contribution in [0.2, 0.25) is 0 Å². The molecule has 0 aliphatic rings. The van der Waals surface area contributed by atoms with E-state index in [1.807, 2.05) is 31.2 Å². The van der Waals surface area contributed by atoms with Crippen LogP contribution >= 0.6 is 0 Å². The molecule has 1 rings (SSSR count). The smallest absolute Gasteiger partial charge is 0.123 e. The summed E-state index contributed by atoms with van der Waals surface area (Å²) in [5.41, 5.74) is 1.16. The maximum atomic E-state index is 10.7. The van der Waals surface area contributed by atoms with E-state index in [1.165, 1.54) is 0 Å². The number of hydrogen-bond donors (Lipinski definition) is 0. The number of aldehydes is 1. The second-order valence-corrected chi connectivity index (χ2v) is 3.36. The number of carbonyl (C=O) groups excluding carboxylic acids is 1. The minimum absolute atomic E-state index is 0.127. The Morgan fingerprint density at radius 3 is 2.86 bits per heavy atom. The predicted molar refractivity (Wildman–Crippen MR) is 56.5 cm³/mol. The summed E-state index contributed by atoms with van der Waals surface area (Å²) < 4.78 is 5.12. The summed E-state index contributed by atoms with van der Waals surface area (Å²) in [6.07, 6.45) is 2.72. The third kappa shape index (κ3) is 2.87. The van der Waals surface area contributed by atoms with Crippen LogP contribution in [0.1, 0.15) is 18.9 Å². The van der Waals surface area contributed by atoms with E-state index in [-0.39, 0.29) is 5.92 Å². The van der Waals surface area contributed by atoms with Gasteiger partial charge in [0.25, 0.3) is 0 Å². The van der Waals surface area contributed by atoms with Crippen LogP contribution in [0.15, 0.2) is 24.3 Å². The van der Waals surface area contributed by atoms with Crippen LogP contribution in [-0.2, 0) is 11.2 Å². The minimum Gasteiger partial charge on any atom is -0.497 e. The van der Waals surface area contributed by atoms with E-state index < -0.39 is 0 Å². The molecule has 1 atom stereocenters. The van der Waals surface area contributed by atoms with Crippen LogP contribution in [0.3, 0.4) is 0 Å². The maximum Gasteiger partial charge on any atom is 0.123 e. The molecule has 2 nitrogen and oxygen atoms in total. The average Bonchev–Trinajstić information content (AvgIpc) is 2.26. The maximum absolute atomic E-state index is 10.7. The topological polar surface area (TPSA) is 26.3 Å². The van der Waals surface area contributed by atoms with Crippen molar-refractivity contribution in [3.63, 3.8) is 0 Å². The summed E-state index contributed by atoms with van der Waals surface area (Å²) in [7, 11) is 1.65. The highest BCUT2D eigenvalue weighted by molar-refractivity contribution is 5.54. The second kappa shape index (κ2) is 5.43. The zero-order chi connectivity index (χ0) is 10.4. The monoisotopic (exact) mass is 192 g/mol. The first kappa shape index (κ1) is 10.8. The lowest BCUT2D eigenvalue weighted by molar-refractivity contribution is -0.111. The molecule has 76 valence electrons. The van der Waals surface area contributed by atoms with Crippen molar-refractivity contribution in [1.82, 2.24) is 0 Å². The molecule has 0 saturated carbocycles. The Morgan fingerprint density at radius 1 is 1.50 bits per heavy atom. The fourth-order valence-corrected chi connectivity index (χ4v) is 1.39. The van der Waals surface area contributed by atoms with Gasteiger partial charge in [0, 0.05) is 5.92 Å². The molecule has 0 N–H and O–H groups in total. The van der Waals surface area contributed by atoms with Crippen molar-refractivity contribution < 1.29 is 9.53 Å². The second-order valence-electron chi connectivity index (χ2n) is 3.36. The summed E-state index contributed by atoms with van der Waals surface area (Å²) in [6.45, 7) is 2.03. The molecule has 0 heterocycles. The van der Waals surface area contributed by atoms with E-state index in [0.29, 0.717) is 0 Å². The van der Waals surface area contributed by atoms with Crippen LogP contribution in [0.25, 0.3) is 0 Å². The summed E-state index contributed by atoms with van der Waals surface area (Å²) in [4.78, 5) is 10.7. The van der Waals surface area contributed by atoms with Crippen molar-refractivity contribution >= 4 is 6.29 Å². The molecular formula is C12H16O2. The molecule has 0 amide bonds. The van der Waals surface area contributed by atoms with E-state index in [4.69, 9.17) is 4.74 Å². The molecule has 0 fully saturated rings. The third-order valence-electron chi connectivity index (χ3n) is 2.35. The zero-order valence-electron chi connectivity index (χ0n) is 8.69. The largest absolute Gasteiger partial charge is 0.497 e. The van der Waals surface area contributed by atoms with Crippen molar-refractivity contribution in [3.8, 4) is 5.75 Å². The van der Waals surface area contributed by atoms with Gasteiger partial charge in [-0.2, -0.15) is 0 Å². The Hall–Kier alpha value is -1.31. The number of methoxy groups -OCH3 is 1. The van der Waals surface area contributed by atoms with Gasteiger partial charge in [0.05, 0.1) is 7.11 Å². The first-order valence-electron chi connectivity index (χ1n) is 4.88. The molecule has 2 heteroatoms. The van der Waals surface area contributed by atoms with Gasteiger partial charge >= 0.3 is 0 Å². The van der Waals surface area contributed by atoms with Gasteiger partial charge in [0.1, 0.15) is 12.0 Å².